The largest absolute Gasteiger partial charge is 0.493 e. The van der Waals surface area contributed by atoms with E-state index < -0.39 is 6.10 Å². The summed E-state index contributed by atoms with van der Waals surface area (Å²) in [5.74, 6) is 0.484. The molecule has 1 amide bonds. The Balaban J connectivity index is 1.95. The summed E-state index contributed by atoms with van der Waals surface area (Å²) in [5, 5.41) is 12.1. The highest BCUT2D eigenvalue weighted by Gasteiger charge is 2.25. The minimum absolute atomic E-state index is 0.295. The first-order valence-corrected chi connectivity index (χ1v) is 9.19. The van der Waals surface area contributed by atoms with Gasteiger partial charge in [-0.1, -0.05) is 42.5 Å². The summed E-state index contributed by atoms with van der Waals surface area (Å²) in [6.07, 6.45) is -0.891. The third-order valence-electron chi connectivity index (χ3n) is 4.53. The van der Waals surface area contributed by atoms with Gasteiger partial charge in [0.25, 0.3) is 5.91 Å². The zero-order valence-electron chi connectivity index (χ0n) is 16.6. The van der Waals surface area contributed by atoms with Gasteiger partial charge in [-0.05, 0) is 43.2 Å². The predicted molar refractivity (Wildman–Crippen MR) is 112 cm³/mol. The van der Waals surface area contributed by atoms with E-state index in [-0.39, 0.29) is 5.91 Å². The third-order valence-corrected chi connectivity index (χ3v) is 4.53. The Morgan fingerprint density at radius 1 is 1.00 bits per heavy atom. The summed E-state index contributed by atoms with van der Waals surface area (Å²) < 4.78 is 11.4. The van der Waals surface area contributed by atoms with Crippen molar-refractivity contribution < 1.29 is 14.3 Å². The number of ether oxygens (including phenoxy) is 2. The van der Waals surface area contributed by atoms with E-state index in [0.29, 0.717) is 22.6 Å². The monoisotopic (exact) mass is 386 g/mol. The van der Waals surface area contributed by atoms with Crippen LogP contribution >= 0.6 is 0 Å². The van der Waals surface area contributed by atoms with Gasteiger partial charge in [-0.3, -0.25) is 4.79 Å². The van der Waals surface area contributed by atoms with Crippen LogP contribution in [0.4, 0.5) is 5.69 Å². The molecule has 0 aliphatic carbocycles. The second-order valence-electron chi connectivity index (χ2n) is 6.69. The number of nitrogens with zero attached hydrogens (tertiary/aromatic N) is 1. The smallest absolute Gasteiger partial charge is 0.270 e. The molecule has 3 aromatic carbocycles. The normalized spacial score (nSPS) is 11.2. The van der Waals surface area contributed by atoms with E-state index in [4.69, 9.17) is 14.7 Å². The topological polar surface area (TPSA) is 71.3 Å². The molecule has 0 aliphatic rings. The van der Waals surface area contributed by atoms with Crippen LogP contribution < -0.4 is 14.8 Å². The van der Waals surface area contributed by atoms with Gasteiger partial charge in [0.1, 0.15) is 0 Å². The maximum atomic E-state index is 13.2. The Kier molecular flexibility index (Phi) is 6.16. The number of carbonyl (C=O) groups excluding carboxylic acids is 1. The Morgan fingerprint density at radius 2 is 1.76 bits per heavy atom. The summed E-state index contributed by atoms with van der Waals surface area (Å²) in [5.41, 5.74) is 3.92. The molecule has 0 bridgehead atoms. The Hall–Kier alpha value is -3.78. The summed E-state index contributed by atoms with van der Waals surface area (Å²) in [6, 6.07) is 22.1. The number of hydrogen-bond acceptors (Lipinski definition) is 4. The molecule has 0 spiro atoms. The highest BCUT2D eigenvalue weighted by molar-refractivity contribution is 5.95. The highest BCUT2D eigenvalue weighted by Crippen LogP contribution is 2.33. The lowest BCUT2D eigenvalue weighted by Gasteiger charge is -2.21. The fraction of sp³-hybridized carbons (Fsp3) is 0.167. The number of benzene rings is 3. The van der Waals surface area contributed by atoms with Crippen LogP contribution in [0.25, 0.3) is 0 Å². The first-order valence-electron chi connectivity index (χ1n) is 9.19. The molecule has 1 N–H and O–H groups in total. The highest BCUT2D eigenvalue weighted by atomic mass is 16.5. The molecule has 146 valence electrons. The molecular weight excluding hydrogens is 364 g/mol. The molecule has 0 saturated carbocycles. The van der Waals surface area contributed by atoms with Gasteiger partial charge in [0.2, 0.25) is 6.10 Å². The van der Waals surface area contributed by atoms with E-state index >= 15 is 0 Å². The SMILES string of the molecule is COc1cc(C#N)ccc1OC(C(=O)Nc1cc(C)ccc1C)c1ccccc1. The lowest BCUT2D eigenvalue weighted by molar-refractivity contribution is -0.123. The zero-order chi connectivity index (χ0) is 20.8. The van der Waals surface area contributed by atoms with Crippen molar-refractivity contribution in [2.75, 3.05) is 12.4 Å². The van der Waals surface area contributed by atoms with Gasteiger partial charge in [-0.2, -0.15) is 5.26 Å². The maximum Gasteiger partial charge on any atom is 0.270 e. The molecule has 0 aliphatic heterocycles. The number of anilines is 1. The number of rotatable bonds is 6. The van der Waals surface area contributed by atoms with Crippen LogP contribution in [0, 0.1) is 25.2 Å². The van der Waals surface area contributed by atoms with E-state index in [1.807, 2.05) is 62.4 Å². The molecule has 0 fully saturated rings. The Labute approximate surface area is 170 Å². The van der Waals surface area contributed by atoms with Crippen molar-refractivity contribution in [3.8, 4) is 17.6 Å². The van der Waals surface area contributed by atoms with E-state index in [1.54, 1.807) is 18.2 Å². The first-order chi connectivity index (χ1) is 14.0. The van der Waals surface area contributed by atoms with Crippen molar-refractivity contribution in [2.24, 2.45) is 0 Å². The van der Waals surface area contributed by atoms with Crippen LogP contribution in [-0.4, -0.2) is 13.0 Å². The lowest BCUT2D eigenvalue weighted by atomic mass is 10.1. The van der Waals surface area contributed by atoms with Crippen LogP contribution in [0.2, 0.25) is 0 Å². The van der Waals surface area contributed by atoms with Gasteiger partial charge in [0.15, 0.2) is 11.5 Å². The van der Waals surface area contributed by atoms with Crippen LogP contribution in [0.1, 0.15) is 28.4 Å². The average Bonchev–Trinajstić information content (AvgIpc) is 2.75. The molecule has 5 nitrogen and oxygen atoms in total. The summed E-state index contributed by atoms with van der Waals surface area (Å²) >= 11 is 0. The van der Waals surface area contributed by atoms with Gasteiger partial charge in [0.05, 0.1) is 18.7 Å². The average molecular weight is 386 g/mol. The quantitative estimate of drug-likeness (QED) is 0.651. The number of nitriles is 1. The van der Waals surface area contributed by atoms with Gasteiger partial charge >= 0.3 is 0 Å². The Morgan fingerprint density at radius 3 is 2.45 bits per heavy atom. The van der Waals surface area contributed by atoms with Crippen molar-refractivity contribution in [2.45, 2.75) is 20.0 Å². The number of hydrogen-bond donors (Lipinski definition) is 1. The number of amides is 1. The van der Waals surface area contributed by atoms with E-state index in [0.717, 1.165) is 16.8 Å². The molecule has 1 unspecified atom stereocenters. The van der Waals surface area contributed by atoms with Crippen LogP contribution in [0.3, 0.4) is 0 Å². The van der Waals surface area contributed by atoms with Gasteiger partial charge in [-0.25, -0.2) is 0 Å². The van der Waals surface area contributed by atoms with E-state index in [9.17, 15) is 4.79 Å². The molecule has 0 heterocycles. The second kappa shape index (κ2) is 8.94. The van der Waals surface area contributed by atoms with Gasteiger partial charge in [-0.15, -0.1) is 0 Å². The van der Waals surface area contributed by atoms with E-state index in [1.165, 1.54) is 7.11 Å². The molecule has 0 saturated heterocycles. The molecule has 0 radical (unpaired) electrons. The fourth-order valence-corrected chi connectivity index (χ4v) is 2.93. The van der Waals surface area contributed by atoms with Crippen molar-refractivity contribution in [1.82, 2.24) is 0 Å². The molecule has 3 aromatic rings. The van der Waals surface area contributed by atoms with Crippen molar-refractivity contribution >= 4 is 11.6 Å². The second-order valence-corrected chi connectivity index (χ2v) is 6.69. The van der Waals surface area contributed by atoms with Crippen molar-refractivity contribution in [3.63, 3.8) is 0 Å². The standard InChI is InChI=1S/C24H22N2O3/c1-16-9-10-17(2)20(13-16)26-24(27)23(19-7-5-4-6-8-19)29-21-12-11-18(15-25)14-22(21)28-3/h4-14,23H,1-3H3,(H,26,27). The molecule has 1 atom stereocenters. The number of aryl methyl sites for hydroxylation is 2. The number of nitrogens with one attached hydrogen (secondary N) is 1. The number of carbonyl (C=O) groups is 1. The maximum absolute atomic E-state index is 13.2. The van der Waals surface area contributed by atoms with Crippen LogP contribution in [-0.2, 0) is 4.79 Å². The summed E-state index contributed by atoms with van der Waals surface area (Å²) in [4.78, 5) is 13.2. The summed E-state index contributed by atoms with van der Waals surface area (Å²) in [7, 11) is 1.50. The minimum atomic E-state index is -0.891. The van der Waals surface area contributed by atoms with Gasteiger partial charge in [0, 0.05) is 17.3 Å². The third kappa shape index (κ3) is 4.74. The van der Waals surface area contributed by atoms with Crippen molar-refractivity contribution in [1.29, 1.82) is 5.26 Å². The predicted octanol–water partition coefficient (Wildman–Crippen LogP) is 4.94. The van der Waals surface area contributed by atoms with Gasteiger partial charge < -0.3 is 14.8 Å². The van der Waals surface area contributed by atoms with Crippen LogP contribution in [0.15, 0.2) is 66.7 Å². The molecule has 29 heavy (non-hydrogen) atoms. The minimum Gasteiger partial charge on any atom is -0.493 e. The first kappa shape index (κ1) is 20.0. The zero-order valence-corrected chi connectivity index (χ0v) is 16.6. The molecule has 0 aromatic heterocycles. The molecule has 5 heteroatoms. The van der Waals surface area contributed by atoms with E-state index in [2.05, 4.69) is 11.4 Å². The van der Waals surface area contributed by atoms with Crippen LogP contribution in [0.5, 0.6) is 11.5 Å². The Bertz CT molecular complexity index is 1060. The molecule has 3 rings (SSSR count). The molecular formula is C24H22N2O3. The lowest BCUT2D eigenvalue weighted by Crippen LogP contribution is -2.26. The number of methoxy groups -OCH3 is 1. The summed E-state index contributed by atoms with van der Waals surface area (Å²) in [6.45, 7) is 3.92. The fourth-order valence-electron chi connectivity index (χ4n) is 2.93. The van der Waals surface area contributed by atoms with Crippen molar-refractivity contribution in [3.05, 3.63) is 89.0 Å².